The van der Waals surface area contributed by atoms with Gasteiger partial charge in [0.15, 0.2) is 12.1 Å². The predicted octanol–water partition coefficient (Wildman–Crippen LogP) is 5.36. The van der Waals surface area contributed by atoms with Crippen molar-refractivity contribution in [2.24, 2.45) is 23.5 Å². The lowest BCUT2D eigenvalue weighted by Gasteiger charge is -2.44. The Morgan fingerprint density at radius 1 is 0.675 bits per heavy atom. The van der Waals surface area contributed by atoms with E-state index >= 15 is 9.59 Å². The van der Waals surface area contributed by atoms with E-state index in [1.54, 1.807) is 36.4 Å². The molecule has 714 valence electrons. The summed E-state index contributed by atoms with van der Waals surface area (Å²) in [5.41, 5.74) is 8.30. The van der Waals surface area contributed by atoms with Crippen molar-refractivity contribution in [3.63, 3.8) is 0 Å². The van der Waals surface area contributed by atoms with Crippen LogP contribution in [-0.4, -0.2) is 341 Å². The third kappa shape index (κ3) is 42.3. The highest BCUT2D eigenvalue weighted by atomic mass is 32.1. The fourth-order valence-corrected chi connectivity index (χ4v) is 14.7. The van der Waals surface area contributed by atoms with Crippen LogP contribution in [0.4, 0.5) is 10.5 Å². The Hall–Kier alpha value is -7.55. The monoisotopic (exact) mass is 1810 g/mol. The number of quaternary nitrogens is 1. The first-order valence-electron chi connectivity index (χ1n) is 44.1. The second-order valence-electron chi connectivity index (χ2n) is 32.1. The first-order valence-corrected chi connectivity index (χ1v) is 45.0. The minimum atomic E-state index is -2.00. The molecule has 5 rings (SSSR count). The number of nitrogens with zero attached hydrogens (tertiary/aromatic N) is 3. The lowest BCUT2D eigenvalue weighted by molar-refractivity contribution is -0.942. The number of nitrogens with one attached hydrogen (secondary N) is 5. The number of aliphatic hydroxyl groups is 3. The van der Waals surface area contributed by atoms with E-state index in [1.165, 1.54) is 17.4 Å². The van der Waals surface area contributed by atoms with Gasteiger partial charge in [-0.2, -0.15) is 0 Å². The van der Waals surface area contributed by atoms with Gasteiger partial charge >= 0.3 is 18.0 Å². The Balaban J connectivity index is 0.979. The molecular formula is C88H144N9O28S+. The molecule has 0 saturated carbocycles. The van der Waals surface area contributed by atoms with Crippen LogP contribution < -0.4 is 37.1 Å². The summed E-state index contributed by atoms with van der Waals surface area (Å²) in [4.78, 5) is 112. The van der Waals surface area contributed by atoms with Crippen LogP contribution in [0.25, 0.3) is 0 Å². The number of likely N-dealkylation sites (tertiary alicyclic amines) is 1. The molecular weight excluding hydrogens is 1660 g/mol. The topological polar surface area (TPSA) is 478 Å². The van der Waals surface area contributed by atoms with Gasteiger partial charge in [-0.3, -0.25) is 34.1 Å². The molecule has 0 radical (unpaired) electrons. The number of hydrogen-bond donors (Lipinski definition) is 11. The first kappa shape index (κ1) is 109. The summed E-state index contributed by atoms with van der Waals surface area (Å²) in [6.45, 7) is 26.9. The van der Waals surface area contributed by atoms with Crippen molar-refractivity contribution < 1.29 is 139 Å². The number of aliphatic carboxylic acids is 2. The largest absolute Gasteiger partial charge is 0.481 e. The highest BCUT2D eigenvalue weighted by molar-refractivity contribution is 7.09. The molecule has 3 heterocycles. The Labute approximate surface area is 745 Å². The number of aromatic nitrogens is 1. The number of unbranched alkanes of at least 4 members (excludes halogenated alkanes) is 1. The number of rotatable bonds is 70. The minimum absolute atomic E-state index is 0.0115. The van der Waals surface area contributed by atoms with Crippen molar-refractivity contribution >= 4 is 64.6 Å². The summed E-state index contributed by atoms with van der Waals surface area (Å²) in [5, 5.41) is 68.3. The maximum absolute atomic E-state index is 15.2. The fourth-order valence-electron chi connectivity index (χ4n) is 13.9. The molecule has 2 saturated heterocycles. The average Bonchev–Trinajstić information content (AvgIpc) is 0.933. The van der Waals surface area contributed by atoms with Crippen molar-refractivity contribution in [3.05, 3.63) is 87.9 Å². The van der Waals surface area contributed by atoms with Gasteiger partial charge in [-0.25, -0.2) is 14.6 Å². The molecule has 1 unspecified atom stereocenters. The number of carboxylic acid groups (broad SMARTS) is 2. The SMILES string of the molecule is C=C(C)CO[C@H](C[C@H](C(C)C)N(C)C(=O)[C@@H](NC(=O)[C@H]1CCCC[N+]1(C)Cc1ccc(O[C@@H]2O[C@H](C(=O)O)[C@@H](O)[C@H](O)[C@H]2O)c(NC(=O)OCCOCCOCCOCCOCCOCCOCCOCCOCCOCCOCCOCCC(=O)NCCCC[C@H](N)C(=O)NCCC)c1)[C@@H](C)CC)c1nc(C(=O)N[C@@H](Cc2ccccc2)C[C@H](C)C(=O)O)cs1. The second kappa shape index (κ2) is 62.6. The molecule has 0 spiro atoms. The van der Waals surface area contributed by atoms with E-state index in [1.807, 2.05) is 78.9 Å². The van der Waals surface area contributed by atoms with E-state index in [-0.39, 0.29) is 123 Å². The molecule has 0 bridgehead atoms. The highest BCUT2D eigenvalue weighted by Crippen LogP contribution is 2.36. The van der Waals surface area contributed by atoms with Crippen molar-refractivity contribution in [1.82, 2.24) is 31.2 Å². The molecule has 126 heavy (non-hydrogen) atoms. The van der Waals surface area contributed by atoms with Gasteiger partial charge in [-0.15, -0.1) is 11.3 Å². The molecule has 2 fully saturated rings. The van der Waals surface area contributed by atoms with Crippen molar-refractivity contribution in [1.29, 1.82) is 0 Å². The summed E-state index contributed by atoms with van der Waals surface area (Å²) >= 11 is 1.24. The van der Waals surface area contributed by atoms with E-state index in [0.29, 0.717) is 175 Å². The van der Waals surface area contributed by atoms with Crippen LogP contribution in [0.1, 0.15) is 152 Å². The molecule has 2 aliphatic heterocycles. The Morgan fingerprint density at radius 2 is 1.23 bits per heavy atom. The highest BCUT2D eigenvalue weighted by Gasteiger charge is 2.49. The Bertz CT molecular complexity index is 3610. The van der Waals surface area contributed by atoms with Crippen LogP contribution in [0.3, 0.4) is 0 Å². The number of aliphatic hydroxyl groups excluding tert-OH is 3. The van der Waals surface area contributed by atoms with E-state index in [2.05, 4.69) is 33.2 Å². The van der Waals surface area contributed by atoms with Crippen molar-refractivity contribution in [3.8, 4) is 5.75 Å². The maximum atomic E-state index is 15.2. The van der Waals surface area contributed by atoms with Crippen molar-refractivity contribution in [2.45, 2.75) is 199 Å². The maximum Gasteiger partial charge on any atom is 0.411 e. The molecule has 2 aliphatic rings. The van der Waals surface area contributed by atoms with Gasteiger partial charge < -0.3 is 133 Å². The number of amides is 6. The Kier molecular flexibility index (Phi) is 54.2. The van der Waals surface area contributed by atoms with Gasteiger partial charge in [0.05, 0.1) is 183 Å². The summed E-state index contributed by atoms with van der Waals surface area (Å²) in [6, 6.07) is 11.1. The van der Waals surface area contributed by atoms with E-state index in [9.17, 15) is 54.3 Å². The van der Waals surface area contributed by atoms with Crippen LogP contribution in [-0.2, 0) is 108 Å². The number of hydrogen-bond acceptors (Lipinski definition) is 29. The quantitative estimate of drug-likeness (QED) is 0.0192. The van der Waals surface area contributed by atoms with Crippen LogP contribution in [0.2, 0.25) is 0 Å². The molecule has 2 aromatic carbocycles. The van der Waals surface area contributed by atoms with Gasteiger partial charge in [-0.05, 0) is 93.9 Å². The lowest BCUT2D eigenvalue weighted by atomic mass is 9.92. The number of carbonyl (C=O) groups excluding carboxylic acids is 6. The number of piperidine rings is 1. The van der Waals surface area contributed by atoms with Gasteiger partial charge in [0.25, 0.3) is 11.8 Å². The van der Waals surface area contributed by atoms with Gasteiger partial charge in [0.1, 0.15) is 60.1 Å². The van der Waals surface area contributed by atoms with Gasteiger partial charge in [-0.1, -0.05) is 90.4 Å². The van der Waals surface area contributed by atoms with E-state index in [4.69, 9.17) is 81.8 Å². The number of ether oxygens (including phenoxy) is 15. The summed E-state index contributed by atoms with van der Waals surface area (Å²) in [6.07, 6.45) is -4.83. The number of thiazole rings is 1. The van der Waals surface area contributed by atoms with Crippen molar-refractivity contribution in [2.75, 3.05) is 198 Å². The lowest BCUT2D eigenvalue weighted by Crippen LogP contribution is -2.63. The normalized spacial score (nSPS) is 19.3. The van der Waals surface area contributed by atoms with Crippen LogP contribution in [0.15, 0.2) is 66.1 Å². The number of carboxylic acids is 2. The average molecular weight is 1810 g/mol. The summed E-state index contributed by atoms with van der Waals surface area (Å²) < 4.78 is 84.6. The number of benzene rings is 2. The second-order valence-corrected chi connectivity index (χ2v) is 33.0. The van der Waals surface area contributed by atoms with Crippen LogP contribution in [0, 0.1) is 17.8 Å². The number of anilines is 1. The zero-order chi connectivity index (χ0) is 92.0. The molecule has 12 N–H and O–H groups in total. The molecule has 0 aliphatic carbocycles. The first-order chi connectivity index (χ1) is 60.6. The molecule has 3 aromatic rings. The fraction of sp³-hybridized carbons (Fsp3) is 0.716. The van der Waals surface area contributed by atoms with Gasteiger partial charge in [0, 0.05) is 62.4 Å². The smallest absolute Gasteiger partial charge is 0.411 e. The zero-order valence-electron chi connectivity index (χ0n) is 75.2. The minimum Gasteiger partial charge on any atom is -0.481 e. The third-order valence-corrected chi connectivity index (χ3v) is 22.2. The van der Waals surface area contributed by atoms with E-state index < -0.39 is 96.9 Å². The van der Waals surface area contributed by atoms with Gasteiger partial charge in [0.2, 0.25) is 24.0 Å². The molecule has 37 nitrogen and oxygen atoms in total. The predicted molar refractivity (Wildman–Crippen MR) is 466 cm³/mol. The van der Waals surface area contributed by atoms with Crippen LogP contribution in [0.5, 0.6) is 5.75 Å². The van der Waals surface area contributed by atoms with Crippen LogP contribution >= 0.6 is 11.3 Å². The summed E-state index contributed by atoms with van der Waals surface area (Å²) in [7, 11) is 3.66. The third-order valence-electron chi connectivity index (χ3n) is 21.3. The molecule has 1 aromatic heterocycles. The molecule has 14 atom stereocenters. The number of nitrogens with two attached hydrogens (primary N) is 1. The van der Waals surface area contributed by atoms with E-state index in [0.717, 1.165) is 43.2 Å². The molecule has 38 heteroatoms. The Morgan fingerprint density at radius 3 is 1.75 bits per heavy atom. The number of likely N-dealkylation sites (N-methyl/N-ethyl adjacent to an activating group) is 2. The summed E-state index contributed by atoms with van der Waals surface area (Å²) in [5.74, 6) is -5.24. The standard InChI is InChI=1S/C88H143N9O28S/c1-11-27-91-80(102)67(89)22-16-18-28-90-74(98)26-30-111-31-32-112-33-34-113-35-36-114-37-38-115-39-40-116-41-42-117-43-44-118-45-46-119-47-48-120-49-50-121-51-52-122-88(110)94-68-55-65(24-25-72(68)124-87-78(101)76(99)77(100)79(125-87)86(108)109)57-97(10)29-19-17-23-71(97)82(104)95-75(62(7)12-2)84(105)96(9)70(61(5)6)56-73(123-58-60(3)4)83-93-69(59-126-83)81(103)92-66(53-63(8)85(106)107)54-64-20-14-13-15-21-64/h13-15,20-21,24-25,55,59,61-63,66-67,70-71,73,75-79,87,99-101H,3,11-12,16-19,22-23,26-54,56-58,89H2,1-2,4-10H3,(H6-,90,91,92,94,95,98,102,103,104,106,107,108,109,110)/p+1/t62-,63-,66+,67-,70+,71+,73+,75-,76-,77-,78+,79-,87+,97?/m0/s1. The molecule has 6 amide bonds. The number of carbonyl (C=O) groups is 8. The zero-order valence-corrected chi connectivity index (χ0v) is 76.0.